The number of rotatable bonds is 6. The number of aryl methyl sites for hydroxylation is 2. The van der Waals surface area contributed by atoms with Crippen LogP contribution in [0.2, 0.25) is 0 Å². The average molecular weight is 245 g/mol. The second-order valence-electron chi connectivity index (χ2n) is 5.03. The van der Waals surface area contributed by atoms with Gasteiger partial charge in [-0.3, -0.25) is 0 Å². The van der Waals surface area contributed by atoms with E-state index >= 15 is 0 Å². The molecule has 0 amide bonds. The minimum atomic E-state index is -0.352. The highest BCUT2D eigenvalue weighted by atomic mass is 16.3. The molecule has 0 aromatic heterocycles. The zero-order valence-electron chi connectivity index (χ0n) is 11.0. The van der Waals surface area contributed by atoms with E-state index in [0.29, 0.717) is 0 Å². The van der Waals surface area contributed by atoms with E-state index in [9.17, 15) is 5.11 Å². The summed E-state index contributed by atoms with van der Waals surface area (Å²) in [5.41, 5.74) is 3.98. The minimum Gasteiger partial charge on any atom is -0.388 e. The Morgan fingerprint density at radius 3 is 2.83 bits per heavy atom. The Morgan fingerprint density at radius 2 is 2.06 bits per heavy atom. The number of nitrogens with one attached hydrogen (secondary N) is 1. The van der Waals surface area contributed by atoms with Crippen molar-refractivity contribution < 1.29 is 5.11 Å². The molecule has 0 aliphatic heterocycles. The maximum Gasteiger partial charge on any atom is 0.0802 e. The topological polar surface area (TPSA) is 32.3 Å². The first-order valence-electron chi connectivity index (χ1n) is 6.92. The van der Waals surface area contributed by atoms with Crippen LogP contribution in [0.1, 0.15) is 42.1 Å². The molecular weight excluding hydrogens is 222 g/mol. The molecule has 0 heterocycles. The van der Waals surface area contributed by atoms with Gasteiger partial charge in [0.2, 0.25) is 0 Å². The molecule has 18 heavy (non-hydrogen) atoms. The molecule has 0 fully saturated rings. The Balaban J connectivity index is 1.93. The van der Waals surface area contributed by atoms with Crippen molar-refractivity contribution in [1.82, 2.24) is 5.32 Å². The van der Waals surface area contributed by atoms with Crippen LogP contribution in [0, 0.1) is 0 Å². The van der Waals surface area contributed by atoms with E-state index in [-0.39, 0.29) is 6.10 Å². The first-order chi connectivity index (χ1) is 8.81. The zero-order valence-corrected chi connectivity index (χ0v) is 11.0. The van der Waals surface area contributed by atoms with Gasteiger partial charge in [-0.25, -0.2) is 0 Å². The van der Waals surface area contributed by atoms with Gasteiger partial charge < -0.3 is 10.4 Å². The Bertz CT molecular complexity index is 400. The molecule has 2 N–H and O–H groups in total. The van der Waals surface area contributed by atoms with Gasteiger partial charge in [-0.05, 0) is 55.3 Å². The summed E-state index contributed by atoms with van der Waals surface area (Å²) in [6.45, 7) is 5.28. The Morgan fingerprint density at radius 1 is 1.28 bits per heavy atom. The first-order valence-corrected chi connectivity index (χ1v) is 6.92. The molecule has 0 bridgehead atoms. The Hall–Kier alpha value is -1.12. The summed E-state index contributed by atoms with van der Waals surface area (Å²) < 4.78 is 0. The lowest BCUT2D eigenvalue weighted by atomic mass is 9.89. The SMILES string of the molecule is C=CCNCCC(O)c1ccc2c(c1)CCCC2. The molecule has 2 rings (SSSR count). The molecular formula is C16H23NO. The number of aliphatic hydroxyl groups excluding tert-OH is 1. The summed E-state index contributed by atoms with van der Waals surface area (Å²) in [6, 6.07) is 6.49. The first kappa shape index (κ1) is 13.3. The van der Waals surface area contributed by atoms with Gasteiger partial charge in [-0.1, -0.05) is 24.3 Å². The van der Waals surface area contributed by atoms with Crippen molar-refractivity contribution >= 4 is 0 Å². The van der Waals surface area contributed by atoms with Crippen LogP contribution in [0.3, 0.4) is 0 Å². The van der Waals surface area contributed by atoms with Crippen molar-refractivity contribution in [3.63, 3.8) is 0 Å². The lowest BCUT2D eigenvalue weighted by Crippen LogP contribution is -2.17. The molecule has 0 radical (unpaired) electrons. The summed E-state index contributed by atoms with van der Waals surface area (Å²) >= 11 is 0. The third-order valence-corrected chi connectivity index (χ3v) is 3.64. The van der Waals surface area contributed by atoms with Gasteiger partial charge in [0.25, 0.3) is 0 Å². The molecule has 1 aliphatic carbocycles. The monoisotopic (exact) mass is 245 g/mol. The average Bonchev–Trinajstić information content (AvgIpc) is 2.43. The van der Waals surface area contributed by atoms with Gasteiger partial charge in [0.1, 0.15) is 0 Å². The van der Waals surface area contributed by atoms with E-state index in [4.69, 9.17) is 0 Å². The minimum absolute atomic E-state index is 0.352. The van der Waals surface area contributed by atoms with Crippen LogP contribution < -0.4 is 5.32 Å². The number of fused-ring (bicyclic) bond motifs is 1. The molecule has 0 saturated carbocycles. The zero-order chi connectivity index (χ0) is 12.8. The van der Waals surface area contributed by atoms with Crippen LogP contribution in [0.25, 0.3) is 0 Å². The van der Waals surface area contributed by atoms with Gasteiger partial charge in [0.15, 0.2) is 0 Å². The summed E-state index contributed by atoms with van der Waals surface area (Å²) in [5.74, 6) is 0. The Kier molecular flexibility index (Phi) is 4.97. The molecule has 1 aromatic carbocycles. The molecule has 0 spiro atoms. The smallest absolute Gasteiger partial charge is 0.0802 e. The van der Waals surface area contributed by atoms with Gasteiger partial charge in [0, 0.05) is 6.54 Å². The quantitative estimate of drug-likeness (QED) is 0.596. The molecule has 1 aromatic rings. The second kappa shape index (κ2) is 6.72. The highest BCUT2D eigenvalue weighted by molar-refractivity contribution is 5.34. The molecule has 1 atom stereocenters. The van der Waals surface area contributed by atoms with Crippen LogP contribution in [-0.2, 0) is 12.8 Å². The number of hydrogen-bond donors (Lipinski definition) is 2. The molecule has 2 heteroatoms. The maximum atomic E-state index is 10.2. The highest BCUT2D eigenvalue weighted by Gasteiger charge is 2.13. The van der Waals surface area contributed by atoms with Gasteiger partial charge >= 0.3 is 0 Å². The van der Waals surface area contributed by atoms with E-state index in [1.165, 1.54) is 36.8 Å². The molecule has 98 valence electrons. The molecule has 0 saturated heterocycles. The summed E-state index contributed by atoms with van der Waals surface area (Å²) in [7, 11) is 0. The van der Waals surface area contributed by atoms with E-state index in [1.807, 2.05) is 6.08 Å². The van der Waals surface area contributed by atoms with Crippen molar-refractivity contribution in [2.24, 2.45) is 0 Å². The number of aliphatic hydroxyl groups is 1. The highest BCUT2D eigenvalue weighted by Crippen LogP contribution is 2.25. The van der Waals surface area contributed by atoms with E-state index in [2.05, 4.69) is 30.1 Å². The largest absolute Gasteiger partial charge is 0.388 e. The van der Waals surface area contributed by atoms with Crippen LogP contribution in [0.15, 0.2) is 30.9 Å². The number of benzene rings is 1. The molecule has 1 unspecified atom stereocenters. The van der Waals surface area contributed by atoms with Crippen LogP contribution in [0.5, 0.6) is 0 Å². The predicted molar refractivity (Wildman–Crippen MR) is 75.7 cm³/mol. The van der Waals surface area contributed by atoms with E-state index < -0.39 is 0 Å². The molecule has 1 aliphatic rings. The summed E-state index contributed by atoms with van der Waals surface area (Å²) in [5, 5.41) is 13.4. The van der Waals surface area contributed by atoms with Gasteiger partial charge in [0.05, 0.1) is 6.10 Å². The van der Waals surface area contributed by atoms with Crippen molar-refractivity contribution in [2.75, 3.05) is 13.1 Å². The fourth-order valence-electron chi connectivity index (χ4n) is 2.57. The lowest BCUT2D eigenvalue weighted by Gasteiger charge is -2.18. The molecule has 2 nitrogen and oxygen atoms in total. The summed E-state index contributed by atoms with van der Waals surface area (Å²) in [6.07, 6.45) is 7.21. The van der Waals surface area contributed by atoms with Gasteiger partial charge in [-0.15, -0.1) is 6.58 Å². The fourth-order valence-corrected chi connectivity index (χ4v) is 2.57. The third kappa shape index (κ3) is 3.44. The van der Waals surface area contributed by atoms with Gasteiger partial charge in [-0.2, -0.15) is 0 Å². The van der Waals surface area contributed by atoms with Crippen LogP contribution in [0.4, 0.5) is 0 Å². The van der Waals surface area contributed by atoms with Crippen LogP contribution in [-0.4, -0.2) is 18.2 Å². The normalized spacial score (nSPS) is 16.1. The number of hydrogen-bond acceptors (Lipinski definition) is 2. The standard InChI is InChI=1S/C16H23NO/c1-2-10-17-11-9-16(18)15-8-7-13-5-3-4-6-14(13)12-15/h2,7-8,12,16-18H,1,3-6,9-11H2. The van der Waals surface area contributed by atoms with Crippen molar-refractivity contribution in [2.45, 2.75) is 38.2 Å². The lowest BCUT2D eigenvalue weighted by molar-refractivity contribution is 0.167. The third-order valence-electron chi connectivity index (χ3n) is 3.64. The second-order valence-corrected chi connectivity index (χ2v) is 5.03. The van der Waals surface area contributed by atoms with Crippen molar-refractivity contribution in [3.8, 4) is 0 Å². The van der Waals surface area contributed by atoms with E-state index in [1.54, 1.807) is 0 Å². The maximum absolute atomic E-state index is 10.2. The Labute approximate surface area is 110 Å². The fraction of sp³-hybridized carbons (Fsp3) is 0.500. The van der Waals surface area contributed by atoms with Crippen molar-refractivity contribution in [3.05, 3.63) is 47.5 Å². The van der Waals surface area contributed by atoms with Crippen LogP contribution >= 0.6 is 0 Å². The van der Waals surface area contributed by atoms with E-state index in [0.717, 1.165) is 25.1 Å². The predicted octanol–water partition coefficient (Wildman–Crippen LogP) is 2.76. The summed E-state index contributed by atoms with van der Waals surface area (Å²) in [4.78, 5) is 0. The van der Waals surface area contributed by atoms with Crippen molar-refractivity contribution in [1.29, 1.82) is 0 Å².